The van der Waals surface area contributed by atoms with Crippen LogP contribution >= 0.6 is 0 Å². The second kappa shape index (κ2) is 15.2. The molecule has 0 aliphatic rings. The average Bonchev–Trinajstić information content (AvgIpc) is 2.82. The summed E-state index contributed by atoms with van der Waals surface area (Å²) in [6.07, 6.45) is -0.948. The van der Waals surface area contributed by atoms with Crippen LogP contribution in [0.25, 0.3) is 0 Å². The van der Waals surface area contributed by atoms with Gasteiger partial charge >= 0.3 is 11.9 Å². The lowest BCUT2D eigenvalue weighted by molar-refractivity contribution is -0.142. The molecule has 1 aromatic carbocycles. The predicted molar refractivity (Wildman–Crippen MR) is 132 cm³/mol. The summed E-state index contributed by atoms with van der Waals surface area (Å²) in [6, 6.07) is 3.76. The summed E-state index contributed by atoms with van der Waals surface area (Å²) in [4.78, 5) is 72.0. The first-order valence-electron chi connectivity index (χ1n) is 11.7. The molecule has 1 aromatic rings. The molecule has 4 amide bonds. The summed E-state index contributed by atoms with van der Waals surface area (Å²) < 4.78 is 0. The third-order valence-corrected chi connectivity index (χ3v) is 5.46. The normalized spacial score (nSPS) is 14.1. The van der Waals surface area contributed by atoms with Crippen LogP contribution in [0.1, 0.15) is 45.1 Å². The largest absolute Gasteiger partial charge is 0.481 e. The number of nitrogens with two attached hydrogens (primary N) is 2. The molecule has 0 spiro atoms. The van der Waals surface area contributed by atoms with Crippen LogP contribution < -0.4 is 27.4 Å². The van der Waals surface area contributed by atoms with E-state index in [1.165, 1.54) is 0 Å². The van der Waals surface area contributed by atoms with Crippen LogP contribution in [-0.2, 0) is 35.2 Å². The summed E-state index contributed by atoms with van der Waals surface area (Å²) in [6.45, 7) is 3.31. The minimum absolute atomic E-state index is 0.0114. The molecular weight excluding hydrogens is 486 g/mol. The van der Waals surface area contributed by atoms with Gasteiger partial charge < -0.3 is 37.6 Å². The molecule has 204 valence electrons. The minimum atomic E-state index is -1.41. The molecule has 0 saturated carbocycles. The molecule has 9 N–H and O–H groups in total. The number of carbonyl (C=O) groups excluding carboxylic acids is 4. The zero-order valence-electron chi connectivity index (χ0n) is 20.8. The molecule has 4 atom stereocenters. The lowest BCUT2D eigenvalue weighted by atomic mass is 10.00. The molecule has 0 fully saturated rings. The molecule has 37 heavy (non-hydrogen) atoms. The summed E-state index contributed by atoms with van der Waals surface area (Å²) in [5, 5.41) is 25.6. The Morgan fingerprint density at radius 1 is 0.811 bits per heavy atom. The Bertz CT molecular complexity index is 969. The topological polar surface area (TPSA) is 231 Å². The minimum Gasteiger partial charge on any atom is -0.481 e. The first-order chi connectivity index (χ1) is 17.3. The van der Waals surface area contributed by atoms with Gasteiger partial charge in [0.1, 0.15) is 18.1 Å². The number of carboxylic acid groups (broad SMARTS) is 2. The van der Waals surface area contributed by atoms with Crippen molar-refractivity contribution in [1.29, 1.82) is 0 Å². The van der Waals surface area contributed by atoms with Gasteiger partial charge in [0, 0.05) is 19.3 Å². The number of carboxylic acids is 2. The summed E-state index contributed by atoms with van der Waals surface area (Å²) in [5.74, 6) is -5.90. The van der Waals surface area contributed by atoms with Crippen LogP contribution in [-0.4, -0.2) is 69.9 Å². The zero-order chi connectivity index (χ0) is 28.1. The monoisotopic (exact) mass is 521 g/mol. The van der Waals surface area contributed by atoms with E-state index in [0.717, 1.165) is 0 Å². The maximum Gasteiger partial charge on any atom is 0.326 e. The van der Waals surface area contributed by atoms with Crippen LogP contribution in [0, 0.1) is 5.92 Å². The second-order valence-corrected chi connectivity index (χ2v) is 8.92. The quantitative estimate of drug-likeness (QED) is 0.139. The Morgan fingerprint density at radius 3 is 1.92 bits per heavy atom. The highest BCUT2D eigenvalue weighted by Gasteiger charge is 2.32. The van der Waals surface area contributed by atoms with Crippen LogP contribution in [0.15, 0.2) is 30.3 Å². The maximum absolute atomic E-state index is 13.1. The van der Waals surface area contributed by atoms with Gasteiger partial charge in [-0.05, 0) is 24.3 Å². The van der Waals surface area contributed by atoms with Crippen molar-refractivity contribution in [3.63, 3.8) is 0 Å². The van der Waals surface area contributed by atoms with Gasteiger partial charge in [-0.3, -0.25) is 24.0 Å². The lowest BCUT2D eigenvalue weighted by Crippen LogP contribution is -2.58. The molecule has 0 aliphatic carbocycles. The number of nitrogens with one attached hydrogen (secondary N) is 3. The van der Waals surface area contributed by atoms with Crippen LogP contribution in [0.2, 0.25) is 0 Å². The van der Waals surface area contributed by atoms with Crippen molar-refractivity contribution in [2.45, 2.75) is 70.1 Å². The second-order valence-electron chi connectivity index (χ2n) is 8.92. The molecule has 1 rings (SSSR count). The number of rotatable bonds is 16. The highest BCUT2D eigenvalue weighted by molar-refractivity contribution is 5.94. The van der Waals surface area contributed by atoms with Crippen molar-refractivity contribution in [2.24, 2.45) is 17.4 Å². The van der Waals surface area contributed by atoms with Crippen molar-refractivity contribution in [3.8, 4) is 0 Å². The number of benzene rings is 1. The fraction of sp³-hybridized carbons (Fsp3) is 0.500. The number of hydrogen-bond donors (Lipinski definition) is 7. The Kier molecular flexibility index (Phi) is 12.7. The fourth-order valence-electron chi connectivity index (χ4n) is 3.34. The lowest BCUT2D eigenvalue weighted by Gasteiger charge is -2.27. The molecule has 0 aromatic heterocycles. The van der Waals surface area contributed by atoms with E-state index in [9.17, 15) is 33.9 Å². The van der Waals surface area contributed by atoms with Crippen molar-refractivity contribution in [3.05, 3.63) is 35.9 Å². The van der Waals surface area contributed by atoms with Gasteiger partial charge in [0.05, 0.1) is 6.04 Å². The standard InChI is InChI=1S/C24H35N5O8/c1-13(2)20(29-21(33)15(25)8-11-19(31)32)23(35)28-17(12-14-6-4-3-5-7-14)22(34)27-16(24(36)37)9-10-18(26)30/h3-7,13,15-17,20H,8-12,25H2,1-2H3,(H2,26,30)(H,27,34)(H,28,35)(H,29,33)(H,31,32)(H,36,37). The first kappa shape index (κ1) is 31.0. The molecular formula is C24H35N5O8. The van der Waals surface area contributed by atoms with Crippen LogP contribution in [0.3, 0.4) is 0 Å². The average molecular weight is 522 g/mol. The highest BCUT2D eigenvalue weighted by Crippen LogP contribution is 2.09. The number of amides is 4. The van der Waals surface area contributed by atoms with Crippen molar-refractivity contribution in [1.82, 2.24) is 16.0 Å². The van der Waals surface area contributed by atoms with E-state index in [1.54, 1.807) is 44.2 Å². The SMILES string of the molecule is CC(C)C(NC(=O)C(N)CCC(=O)O)C(=O)NC(Cc1ccccc1)C(=O)NC(CCC(N)=O)C(=O)O. The molecule has 0 aliphatic heterocycles. The van der Waals surface area contributed by atoms with E-state index in [1.807, 2.05) is 0 Å². The molecule has 13 heteroatoms. The highest BCUT2D eigenvalue weighted by atomic mass is 16.4. The van der Waals surface area contributed by atoms with E-state index >= 15 is 0 Å². The van der Waals surface area contributed by atoms with Gasteiger partial charge in [0.25, 0.3) is 0 Å². The van der Waals surface area contributed by atoms with Crippen LogP contribution in [0.5, 0.6) is 0 Å². The Hall–Kier alpha value is -4.00. The first-order valence-corrected chi connectivity index (χ1v) is 11.7. The van der Waals surface area contributed by atoms with Crippen LogP contribution in [0.4, 0.5) is 0 Å². The third kappa shape index (κ3) is 11.5. The Labute approximate surface area is 214 Å². The van der Waals surface area contributed by atoms with Crippen molar-refractivity contribution in [2.75, 3.05) is 0 Å². The van der Waals surface area contributed by atoms with E-state index < -0.39 is 65.7 Å². The van der Waals surface area contributed by atoms with Gasteiger partial charge in [0.2, 0.25) is 23.6 Å². The molecule has 0 saturated heterocycles. The fourth-order valence-corrected chi connectivity index (χ4v) is 3.34. The van der Waals surface area contributed by atoms with Gasteiger partial charge in [-0.1, -0.05) is 44.2 Å². The molecule has 13 nitrogen and oxygen atoms in total. The Morgan fingerprint density at radius 2 is 1.41 bits per heavy atom. The van der Waals surface area contributed by atoms with Gasteiger partial charge in [-0.25, -0.2) is 4.79 Å². The smallest absolute Gasteiger partial charge is 0.326 e. The van der Waals surface area contributed by atoms with Crippen molar-refractivity contribution >= 4 is 35.6 Å². The van der Waals surface area contributed by atoms with Gasteiger partial charge in [-0.2, -0.15) is 0 Å². The third-order valence-electron chi connectivity index (χ3n) is 5.46. The number of aliphatic carboxylic acids is 2. The maximum atomic E-state index is 13.1. The molecule has 0 heterocycles. The van der Waals surface area contributed by atoms with E-state index in [-0.39, 0.29) is 32.1 Å². The molecule has 4 unspecified atom stereocenters. The Balaban J connectivity index is 3.06. The van der Waals surface area contributed by atoms with Crippen molar-refractivity contribution < 1.29 is 39.0 Å². The predicted octanol–water partition coefficient (Wildman–Crippen LogP) is -1.12. The molecule has 0 radical (unpaired) electrons. The zero-order valence-corrected chi connectivity index (χ0v) is 20.8. The number of hydrogen-bond acceptors (Lipinski definition) is 7. The van der Waals surface area contributed by atoms with E-state index in [2.05, 4.69) is 16.0 Å². The molecule has 0 bridgehead atoms. The number of primary amides is 1. The van der Waals surface area contributed by atoms with E-state index in [4.69, 9.17) is 16.6 Å². The van der Waals surface area contributed by atoms with E-state index in [0.29, 0.717) is 5.56 Å². The summed E-state index contributed by atoms with van der Waals surface area (Å²) in [5.41, 5.74) is 11.5. The summed E-state index contributed by atoms with van der Waals surface area (Å²) >= 11 is 0. The number of carbonyl (C=O) groups is 6. The summed E-state index contributed by atoms with van der Waals surface area (Å²) in [7, 11) is 0. The van der Waals surface area contributed by atoms with Gasteiger partial charge in [0.15, 0.2) is 0 Å². The van der Waals surface area contributed by atoms with Gasteiger partial charge in [-0.15, -0.1) is 0 Å².